The smallest absolute Gasteiger partial charge is 0.211 e. The number of carbonyl (C=O) groups is 1. The lowest BCUT2D eigenvalue weighted by molar-refractivity contribution is 0.112. The molecule has 1 saturated heterocycles. The first-order chi connectivity index (χ1) is 9.90. The summed E-state index contributed by atoms with van der Waals surface area (Å²) in [6, 6.07) is 5.13. The van der Waals surface area contributed by atoms with Gasteiger partial charge in [0.2, 0.25) is 10.0 Å². The van der Waals surface area contributed by atoms with Crippen LogP contribution in [0, 0.1) is 5.92 Å². The summed E-state index contributed by atoms with van der Waals surface area (Å²) < 4.78 is 31.1. The van der Waals surface area contributed by atoms with Gasteiger partial charge in [-0.1, -0.05) is 0 Å². The molecule has 1 atom stereocenters. The molecule has 0 bridgehead atoms. The summed E-state index contributed by atoms with van der Waals surface area (Å²) in [6.45, 7) is 1.56. The van der Waals surface area contributed by atoms with Crippen molar-refractivity contribution >= 4 is 32.2 Å². The molecule has 1 aliphatic rings. The van der Waals surface area contributed by atoms with E-state index in [9.17, 15) is 13.2 Å². The number of hydrogen-bond acceptors (Lipinski definition) is 4. The second-order valence-electron chi connectivity index (χ2n) is 5.25. The van der Waals surface area contributed by atoms with Crippen LogP contribution in [0.25, 0.3) is 0 Å². The van der Waals surface area contributed by atoms with E-state index in [0.717, 1.165) is 23.6 Å². The number of hydrogen-bond donors (Lipinski definition) is 0. The van der Waals surface area contributed by atoms with Crippen LogP contribution < -0.4 is 4.74 Å². The molecular weight excluding hydrogens is 358 g/mol. The molecule has 1 unspecified atom stereocenters. The number of ether oxygens (including phenoxy) is 1. The zero-order valence-corrected chi connectivity index (χ0v) is 14.2. The van der Waals surface area contributed by atoms with Crippen LogP contribution in [0.1, 0.15) is 23.2 Å². The van der Waals surface area contributed by atoms with Crippen LogP contribution >= 0.6 is 15.9 Å². The summed E-state index contributed by atoms with van der Waals surface area (Å²) in [5.74, 6) is 0.850. The Hall–Kier alpha value is -0.920. The number of benzene rings is 1. The first-order valence-electron chi connectivity index (χ1n) is 6.73. The molecule has 21 heavy (non-hydrogen) atoms. The Kier molecular flexibility index (Phi) is 5.40. The third-order valence-corrected chi connectivity index (χ3v) is 5.41. The first-order valence-corrected chi connectivity index (χ1v) is 9.37. The van der Waals surface area contributed by atoms with E-state index in [1.807, 2.05) is 0 Å². The molecule has 0 spiro atoms. The number of halogens is 1. The predicted octanol–water partition coefficient (Wildman–Crippen LogP) is 2.31. The Balaban J connectivity index is 1.95. The maximum atomic E-state index is 11.6. The quantitative estimate of drug-likeness (QED) is 0.740. The highest BCUT2D eigenvalue weighted by Gasteiger charge is 2.26. The molecule has 1 aliphatic heterocycles. The second kappa shape index (κ2) is 6.89. The van der Waals surface area contributed by atoms with Gasteiger partial charge in [-0.3, -0.25) is 4.79 Å². The average Bonchev–Trinajstić information content (AvgIpc) is 2.45. The number of aldehydes is 1. The van der Waals surface area contributed by atoms with Crippen LogP contribution in [0.2, 0.25) is 0 Å². The molecular formula is C14H18BrNO4S. The van der Waals surface area contributed by atoms with Crippen LogP contribution in [0.5, 0.6) is 5.75 Å². The lowest BCUT2D eigenvalue weighted by Crippen LogP contribution is -2.40. The topological polar surface area (TPSA) is 63.7 Å². The van der Waals surface area contributed by atoms with Gasteiger partial charge in [-0.25, -0.2) is 12.7 Å². The minimum atomic E-state index is -3.13. The fraction of sp³-hybridized carbons (Fsp3) is 0.500. The number of rotatable bonds is 5. The summed E-state index contributed by atoms with van der Waals surface area (Å²) in [6.07, 6.45) is 3.83. The zero-order chi connectivity index (χ0) is 15.5. The maximum Gasteiger partial charge on any atom is 0.211 e. The van der Waals surface area contributed by atoms with Gasteiger partial charge in [-0.05, 0) is 47.0 Å². The van der Waals surface area contributed by atoms with Gasteiger partial charge < -0.3 is 4.74 Å². The van der Waals surface area contributed by atoms with Crippen molar-refractivity contribution in [2.45, 2.75) is 12.8 Å². The van der Waals surface area contributed by atoms with Crippen LogP contribution in [0.4, 0.5) is 0 Å². The Morgan fingerprint density at radius 2 is 2.24 bits per heavy atom. The van der Waals surface area contributed by atoms with Crippen LogP contribution in [0.3, 0.4) is 0 Å². The highest BCUT2D eigenvalue weighted by atomic mass is 79.9. The van der Waals surface area contributed by atoms with E-state index in [1.54, 1.807) is 18.2 Å². The molecule has 0 amide bonds. The largest absolute Gasteiger partial charge is 0.492 e. The zero-order valence-electron chi connectivity index (χ0n) is 11.8. The predicted molar refractivity (Wildman–Crippen MR) is 84.2 cm³/mol. The third kappa shape index (κ3) is 4.52. The molecule has 1 aromatic carbocycles. The highest BCUT2D eigenvalue weighted by Crippen LogP contribution is 2.27. The number of carbonyl (C=O) groups excluding carboxylic acids is 1. The van der Waals surface area contributed by atoms with Gasteiger partial charge in [0.1, 0.15) is 12.0 Å². The molecule has 0 aromatic heterocycles. The minimum Gasteiger partial charge on any atom is -0.492 e. The van der Waals surface area contributed by atoms with Crippen molar-refractivity contribution in [3.8, 4) is 5.75 Å². The standard InChI is InChI=1S/C14H18BrNO4S/c1-21(18,19)16-6-2-3-12(8-16)10-20-14-5-4-11(9-17)7-13(14)15/h4-5,7,9,12H,2-3,6,8,10H2,1H3. The molecule has 5 nitrogen and oxygen atoms in total. The fourth-order valence-electron chi connectivity index (χ4n) is 2.38. The number of nitrogens with zero attached hydrogens (tertiary/aromatic N) is 1. The van der Waals surface area contributed by atoms with Crippen molar-refractivity contribution in [3.05, 3.63) is 28.2 Å². The SMILES string of the molecule is CS(=O)(=O)N1CCCC(COc2ccc(C=O)cc2Br)C1. The lowest BCUT2D eigenvalue weighted by atomic mass is 10.0. The molecule has 1 fully saturated rings. The van der Waals surface area contributed by atoms with Gasteiger partial charge in [-0.15, -0.1) is 0 Å². The van der Waals surface area contributed by atoms with Gasteiger partial charge >= 0.3 is 0 Å². The second-order valence-corrected chi connectivity index (χ2v) is 8.08. The minimum absolute atomic E-state index is 0.186. The highest BCUT2D eigenvalue weighted by molar-refractivity contribution is 9.10. The van der Waals surface area contributed by atoms with E-state index in [1.165, 1.54) is 10.6 Å². The normalized spacial score (nSPS) is 20.2. The Morgan fingerprint density at radius 3 is 2.86 bits per heavy atom. The number of sulfonamides is 1. The van der Waals surface area contributed by atoms with Gasteiger partial charge in [0, 0.05) is 24.6 Å². The van der Waals surface area contributed by atoms with Crippen molar-refractivity contribution in [2.75, 3.05) is 26.0 Å². The summed E-state index contributed by atoms with van der Waals surface area (Å²) >= 11 is 3.37. The molecule has 2 rings (SSSR count). The fourth-order valence-corrected chi connectivity index (χ4v) is 3.83. The van der Waals surface area contributed by atoms with Crippen molar-refractivity contribution in [1.82, 2.24) is 4.31 Å². The Labute approximate surface area is 133 Å². The van der Waals surface area contributed by atoms with Gasteiger partial charge in [-0.2, -0.15) is 0 Å². The van der Waals surface area contributed by atoms with Crippen LogP contribution in [-0.4, -0.2) is 45.0 Å². The molecule has 0 N–H and O–H groups in total. The summed E-state index contributed by atoms with van der Waals surface area (Å²) in [5.41, 5.74) is 0.579. The van der Waals surface area contributed by atoms with Crippen LogP contribution in [0.15, 0.2) is 22.7 Å². The maximum absolute atomic E-state index is 11.6. The summed E-state index contributed by atoms with van der Waals surface area (Å²) in [5, 5.41) is 0. The molecule has 7 heteroatoms. The van der Waals surface area contributed by atoms with Crippen molar-refractivity contribution in [1.29, 1.82) is 0 Å². The molecule has 0 aliphatic carbocycles. The van der Waals surface area contributed by atoms with Crippen molar-refractivity contribution in [3.63, 3.8) is 0 Å². The van der Waals surface area contributed by atoms with E-state index >= 15 is 0 Å². The first kappa shape index (κ1) is 16.5. The molecule has 1 aromatic rings. The monoisotopic (exact) mass is 375 g/mol. The van der Waals surface area contributed by atoms with Gasteiger partial charge in [0.15, 0.2) is 0 Å². The van der Waals surface area contributed by atoms with E-state index in [4.69, 9.17) is 4.74 Å². The molecule has 116 valence electrons. The summed E-state index contributed by atoms with van der Waals surface area (Å²) in [7, 11) is -3.13. The third-order valence-electron chi connectivity index (χ3n) is 3.52. The Bertz CT molecular complexity index is 617. The Morgan fingerprint density at radius 1 is 1.48 bits per heavy atom. The van der Waals surface area contributed by atoms with Crippen LogP contribution in [-0.2, 0) is 10.0 Å². The molecule has 0 radical (unpaired) electrons. The van der Waals surface area contributed by atoms with E-state index in [2.05, 4.69) is 15.9 Å². The number of piperidine rings is 1. The van der Waals surface area contributed by atoms with Crippen molar-refractivity contribution < 1.29 is 17.9 Å². The van der Waals surface area contributed by atoms with Gasteiger partial charge in [0.25, 0.3) is 0 Å². The molecule has 1 heterocycles. The molecule has 0 saturated carbocycles. The van der Waals surface area contributed by atoms with Gasteiger partial charge in [0.05, 0.1) is 17.3 Å². The van der Waals surface area contributed by atoms with E-state index < -0.39 is 10.0 Å². The van der Waals surface area contributed by atoms with E-state index in [-0.39, 0.29) is 5.92 Å². The lowest BCUT2D eigenvalue weighted by Gasteiger charge is -2.30. The average molecular weight is 376 g/mol. The summed E-state index contributed by atoms with van der Waals surface area (Å²) in [4.78, 5) is 10.7. The van der Waals surface area contributed by atoms with E-state index in [0.29, 0.717) is 31.0 Å². The van der Waals surface area contributed by atoms with Crippen molar-refractivity contribution in [2.24, 2.45) is 5.92 Å².